The van der Waals surface area contributed by atoms with Crippen LogP contribution in [0.5, 0.6) is 0 Å². The van der Waals surface area contributed by atoms with Gasteiger partial charge in [0, 0.05) is 45.3 Å². The van der Waals surface area contributed by atoms with Gasteiger partial charge in [0.15, 0.2) is 0 Å². The van der Waals surface area contributed by atoms with Gasteiger partial charge >= 0.3 is 6.03 Å². The van der Waals surface area contributed by atoms with Gasteiger partial charge in [-0.25, -0.2) is 4.79 Å². The van der Waals surface area contributed by atoms with Crippen LogP contribution in [0.3, 0.4) is 0 Å². The Morgan fingerprint density at radius 2 is 1.84 bits per heavy atom. The first-order chi connectivity index (χ1) is 12.3. The van der Waals surface area contributed by atoms with Crippen LogP contribution in [-0.2, 0) is 6.54 Å². The standard InChI is InChI=1S/C18H30N6O/c25-18(19-5-1-2-6-22-13-20-21-14-22)24-9-7-23(8-10-24)17-12-15-3-4-16(17)11-15/h13-17H,1-12H2,(H,19,25)/t15-,16-,17+/m0/s1. The third-order valence-corrected chi connectivity index (χ3v) is 6.36. The molecule has 25 heavy (non-hydrogen) atoms. The van der Waals surface area contributed by atoms with Crippen molar-refractivity contribution < 1.29 is 4.79 Å². The fourth-order valence-corrected chi connectivity index (χ4v) is 4.98. The Morgan fingerprint density at radius 1 is 1.04 bits per heavy atom. The molecule has 2 aliphatic carbocycles. The fraction of sp³-hybridized carbons (Fsp3) is 0.833. The van der Waals surface area contributed by atoms with Crippen LogP contribution in [0.1, 0.15) is 38.5 Å². The summed E-state index contributed by atoms with van der Waals surface area (Å²) in [5.41, 5.74) is 0. The van der Waals surface area contributed by atoms with Crippen molar-refractivity contribution in [3.63, 3.8) is 0 Å². The van der Waals surface area contributed by atoms with E-state index in [0.29, 0.717) is 0 Å². The highest BCUT2D eigenvalue weighted by atomic mass is 16.2. The second-order valence-corrected chi connectivity index (χ2v) is 7.90. The lowest BCUT2D eigenvalue weighted by Crippen LogP contribution is -2.55. The number of aromatic nitrogens is 3. The number of nitrogens with one attached hydrogen (secondary N) is 1. The van der Waals surface area contributed by atoms with Crippen LogP contribution in [0.25, 0.3) is 0 Å². The van der Waals surface area contributed by atoms with Gasteiger partial charge in [0.1, 0.15) is 12.7 Å². The summed E-state index contributed by atoms with van der Waals surface area (Å²) in [6.07, 6.45) is 11.2. The Labute approximate surface area is 149 Å². The number of hydrogen-bond acceptors (Lipinski definition) is 4. The average molecular weight is 346 g/mol. The van der Waals surface area contributed by atoms with Crippen molar-refractivity contribution in [1.82, 2.24) is 29.9 Å². The van der Waals surface area contributed by atoms with E-state index in [1.165, 1.54) is 25.7 Å². The lowest BCUT2D eigenvalue weighted by Gasteiger charge is -2.41. The number of amides is 2. The average Bonchev–Trinajstić information content (AvgIpc) is 3.39. The van der Waals surface area contributed by atoms with Gasteiger partial charge in [-0.1, -0.05) is 6.42 Å². The number of aryl methyl sites for hydroxylation is 1. The molecule has 138 valence electrons. The summed E-state index contributed by atoms with van der Waals surface area (Å²) in [5.74, 6) is 1.94. The first-order valence-corrected chi connectivity index (χ1v) is 9.89. The number of nitrogens with zero attached hydrogens (tertiary/aromatic N) is 5. The normalized spacial score (nSPS) is 29.3. The number of rotatable bonds is 6. The van der Waals surface area contributed by atoms with Crippen LogP contribution in [0.4, 0.5) is 4.79 Å². The van der Waals surface area contributed by atoms with Gasteiger partial charge in [0.2, 0.25) is 0 Å². The number of unbranched alkanes of at least 4 members (excludes halogenated alkanes) is 1. The highest BCUT2D eigenvalue weighted by molar-refractivity contribution is 5.74. The van der Waals surface area contributed by atoms with Crippen LogP contribution in [0, 0.1) is 11.8 Å². The minimum absolute atomic E-state index is 0.108. The summed E-state index contributed by atoms with van der Waals surface area (Å²) in [5, 5.41) is 10.7. The van der Waals surface area contributed by atoms with Crippen LogP contribution < -0.4 is 5.32 Å². The summed E-state index contributed by atoms with van der Waals surface area (Å²) >= 11 is 0. The molecule has 4 rings (SSSR count). The van der Waals surface area contributed by atoms with Crippen LogP contribution in [0.2, 0.25) is 0 Å². The monoisotopic (exact) mass is 346 g/mol. The molecule has 3 atom stereocenters. The summed E-state index contributed by atoms with van der Waals surface area (Å²) in [4.78, 5) is 17.0. The van der Waals surface area contributed by atoms with Crippen molar-refractivity contribution in [3.05, 3.63) is 12.7 Å². The molecule has 0 radical (unpaired) electrons. The number of carbonyl (C=O) groups excluding carboxylic acids is 1. The zero-order chi connectivity index (χ0) is 17.1. The van der Waals surface area contributed by atoms with E-state index in [-0.39, 0.29) is 6.03 Å². The first-order valence-electron chi connectivity index (χ1n) is 9.89. The van der Waals surface area contributed by atoms with E-state index < -0.39 is 0 Å². The van der Waals surface area contributed by atoms with Crippen molar-refractivity contribution in [3.8, 4) is 0 Å². The topological polar surface area (TPSA) is 66.3 Å². The molecule has 0 aromatic carbocycles. The van der Waals surface area contributed by atoms with Crippen LogP contribution in [-0.4, -0.2) is 69.4 Å². The number of fused-ring (bicyclic) bond motifs is 2. The number of carbonyl (C=O) groups is 1. The van der Waals surface area contributed by atoms with E-state index in [9.17, 15) is 4.79 Å². The van der Waals surface area contributed by atoms with E-state index in [1.807, 2.05) is 9.47 Å². The SMILES string of the molecule is O=C(NCCCCn1cnnc1)N1CCN([C@@H]2C[C@H]3CC[C@H]2C3)CC1. The summed E-state index contributed by atoms with van der Waals surface area (Å²) < 4.78 is 1.97. The molecule has 1 aromatic rings. The summed E-state index contributed by atoms with van der Waals surface area (Å²) in [6.45, 7) is 5.50. The molecular weight excluding hydrogens is 316 g/mol. The molecule has 3 fully saturated rings. The zero-order valence-corrected chi connectivity index (χ0v) is 15.0. The van der Waals surface area contributed by atoms with Crippen molar-refractivity contribution in [2.75, 3.05) is 32.7 Å². The minimum atomic E-state index is 0.108. The van der Waals surface area contributed by atoms with Crippen LogP contribution >= 0.6 is 0 Å². The molecule has 2 amide bonds. The maximum absolute atomic E-state index is 12.3. The smallest absolute Gasteiger partial charge is 0.317 e. The summed E-state index contributed by atoms with van der Waals surface area (Å²) in [7, 11) is 0. The van der Waals surface area contributed by atoms with Gasteiger partial charge in [-0.15, -0.1) is 10.2 Å². The predicted octanol–water partition coefficient (Wildman–Crippen LogP) is 1.57. The lowest BCUT2D eigenvalue weighted by atomic mass is 9.93. The molecule has 1 aromatic heterocycles. The van der Waals surface area contributed by atoms with Gasteiger partial charge in [-0.3, -0.25) is 4.90 Å². The quantitative estimate of drug-likeness (QED) is 0.794. The van der Waals surface area contributed by atoms with E-state index >= 15 is 0 Å². The van der Waals surface area contributed by atoms with Crippen molar-refractivity contribution in [2.45, 2.75) is 51.1 Å². The number of piperazine rings is 1. The number of urea groups is 1. The Kier molecular flexibility index (Phi) is 5.20. The Hall–Kier alpha value is -1.63. The highest BCUT2D eigenvalue weighted by Gasteiger charge is 2.42. The maximum Gasteiger partial charge on any atom is 0.317 e. The van der Waals surface area contributed by atoms with Gasteiger partial charge in [-0.2, -0.15) is 0 Å². The molecule has 1 saturated heterocycles. The van der Waals surface area contributed by atoms with E-state index in [4.69, 9.17) is 0 Å². The van der Waals surface area contributed by atoms with E-state index in [1.54, 1.807) is 12.7 Å². The highest BCUT2D eigenvalue weighted by Crippen LogP contribution is 2.46. The zero-order valence-electron chi connectivity index (χ0n) is 15.0. The second-order valence-electron chi connectivity index (χ2n) is 7.90. The Bertz CT molecular complexity index is 554. The molecule has 0 spiro atoms. The summed E-state index contributed by atoms with van der Waals surface area (Å²) in [6, 6.07) is 0.915. The molecule has 1 N–H and O–H groups in total. The van der Waals surface area contributed by atoms with Gasteiger partial charge in [0.05, 0.1) is 0 Å². The van der Waals surface area contributed by atoms with Gasteiger partial charge in [-0.05, 0) is 43.9 Å². The Morgan fingerprint density at radius 3 is 2.52 bits per heavy atom. The Balaban J connectivity index is 1.11. The molecule has 2 heterocycles. The molecule has 1 aliphatic heterocycles. The van der Waals surface area contributed by atoms with Gasteiger partial charge in [0.25, 0.3) is 0 Å². The van der Waals surface area contributed by atoms with Crippen molar-refractivity contribution in [2.24, 2.45) is 11.8 Å². The first kappa shape index (κ1) is 16.8. The molecule has 2 saturated carbocycles. The second kappa shape index (κ2) is 7.72. The van der Waals surface area contributed by atoms with Crippen molar-refractivity contribution in [1.29, 1.82) is 0 Å². The predicted molar refractivity (Wildman–Crippen MR) is 95.0 cm³/mol. The lowest BCUT2D eigenvalue weighted by molar-refractivity contribution is 0.0827. The third kappa shape index (κ3) is 3.97. The third-order valence-electron chi connectivity index (χ3n) is 6.36. The van der Waals surface area contributed by atoms with E-state index in [2.05, 4.69) is 20.4 Å². The molecule has 7 heteroatoms. The molecule has 7 nitrogen and oxygen atoms in total. The molecular formula is C18H30N6O. The number of hydrogen-bond donors (Lipinski definition) is 1. The maximum atomic E-state index is 12.3. The molecule has 0 unspecified atom stereocenters. The van der Waals surface area contributed by atoms with E-state index in [0.717, 1.165) is 70.0 Å². The van der Waals surface area contributed by atoms with Crippen molar-refractivity contribution >= 4 is 6.03 Å². The fourth-order valence-electron chi connectivity index (χ4n) is 4.98. The largest absolute Gasteiger partial charge is 0.338 e. The molecule has 3 aliphatic rings. The van der Waals surface area contributed by atoms with Crippen LogP contribution in [0.15, 0.2) is 12.7 Å². The minimum Gasteiger partial charge on any atom is -0.338 e. The van der Waals surface area contributed by atoms with Gasteiger partial charge < -0.3 is 14.8 Å². The molecule has 2 bridgehead atoms.